The van der Waals surface area contributed by atoms with E-state index in [1.54, 1.807) is 18.0 Å². The number of carboxylic acids is 1. The van der Waals surface area contributed by atoms with Crippen LogP contribution in [0.25, 0.3) is 0 Å². The van der Waals surface area contributed by atoms with Crippen molar-refractivity contribution in [2.24, 2.45) is 11.8 Å². The Morgan fingerprint density at radius 2 is 1.74 bits per heavy atom. The van der Waals surface area contributed by atoms with Crippen LogP contribution < -0.4 is 5.32 Å². The molecular weight excluding hydrogens is 394 g/mol. The van der Waals surface area contributed by atoms with Gasteiger partial charge < -0.3 is 15.3 Å². The number of nitrogens with zero attached hydrogens (tertiary/aromatic N) is 2. The van der Waals surface area contributed by atoms with Crippen molar-refractivity contribution in [3.05, 3.63) is 11.6 Å². The third kappa shape index (κ3) is 7.95. The van der Waals surface area contributed by atoms with Crippen LogP contribution in [0.4, 0.5) is 0 Å². The first kappa shape index (κ1) is 27.1. The van der Waals surface area contributed by atoms with E-state index >= 15 is 0 Å². The summed E-state index contributed by atoms with van der Waals surface area (Å²) in [4.78, 5) is 41.7. The summed E-state index contributed by atoms with van der Waals surface area (Å²) in [6, 6.07) is -0.936. The molecule has 0 radical (unpaired) electrons. The third-order valence-electron chi connectivity index (χ3n) is 6.07. The summed E-state index contributed by atoms with van der Waals surface area (Å²) in [5.41, 5.74) is 0.206. The van der Waals surface area contributed by atoms with E-state index in [0.717, 1.165) is 25.8 Å². The molecule has 2 amide bonds. The van der Waals surface area contributed by atoms with Gasteiger partial charge in [-0.3, -0.25) is 14.5 Å². The van der Waals surface area contributed by atoms with Crippen molar-refractivity contribution in [3.8, 4) is 0 Å². The van der Waals surface area contributed by atoms with Crippen molar-refractivity contribution in [3.63, 3.8) is 0 Å². The monoisotopic (exact) mass is 437 g/mol. The van der Waals surface area contributed by atoms with Crippen LogP contribution in [-0.4, -0.2) is 70.4 Å². The second-order valence-corrected chi connectivity index (χ2v) is 9.87. The van der Waals surface area contributed by atoms with Gasteiger partial charge in [0.05, 0.1) is 12.1 Å². The number of carboxylic acid groups (broad SMARTS) is 1. The average Bonchev–Trinajstić information content (AvgIpc) is 2.69. The summed E-state index contributed by atoms with van der Waals surface area (Å²) in [5.74, 6) is -0.997. The first-order chi connectivity index (χ1) is 14.4. The van der Waals surface area contributed by atoms with E-state index in [1.165, 1.54) is 6.92 Å². The van der Waals surface area contributed by atoms with Crippen LogP contribution in [-0.2, 0) is 14.4 Å². The maximum absolute atomic E-state index is 13.4. The number of likely N-dealkylation sites (tertiary alicyclic amines) is 1. The first-order valence-corrected chi connectivity index (χ1v) is 11.6. The maximum atomic E-state index is 13.4. The summed E-state index contributed by atoms with van der Waals surface area (Å²) >= 11 is 0. The number of likely N-dealkylation sites (N-methyl/N-ethyl adjacent to an activating group) is 1. The number of rotatable bonds is 10. The molecule has 0 aromatic heterocycles. The molecule has 1 saturated heterocycles. The minimum absolute atomic E-state index is 0.0356. The second kappa shape index (κ2) is 12.2. The van der Waals surface area contributed by atoms with Gasteiger partial charge in [0.2, 0.25) is 11.8 Å². The smallest absolute Gasteiger partial charge is 0.331 e. The lowest BCUT2D eigenvalue weighted by Crippen LogP contribution is -2.57. The van der Waals surface area contributed by atoms with Gasteiger partial charge in [0.15, 0.2) is 0 Å². The number of piperidine rings is 1. The topological polar surface area (TPSA) is 90.0 Å². The highest BCUT2D eigenvalue weighted by Gasteiger charge is 2.35. The van der Waals surface area contributed by atoms with Gasteiger partial charge >= 0.3 is 5.97 Å². The summed E-state index contributed by atoms with van der Waals surface area (Å²) in [6.45, 7) is 14.6. The largest absolute Gasteiger partial charge is 0.478 e. The third-order valence-corrected chi connectivity index (χ3v) is 6.07. The first-order valence-electron chi connectivity index (χ1n) is 11.6. The van der Waals surface area contributed by atoms with Gasteiger partial charge in [0.1, 0.15) is 6.04 Å². The molecule has 0 bridgehead atoms. The fraction of sp³-hybridized carbons (Fsp3) is 0.792. The van der Waals surface area contributed by atoms with Crippen molar-refractivity contribution in [1.82, 2.24) is 15.1 Å². The normalized spacial score (nSPS) is 20.1. The van der Waals surface area contributed by atoms with Gasteiger partial charge in [-0.1, -0.05) is 40.2 Å². The zero-order chi connectivity index (χ0) is 23.9. The summed E-state index contributed by atoms with van der Waals surface area (Å²) < 4.78 is 0. The van der Waals surface area contributed by atoms with E-state index in [4.69, 9.17) is 0 Å². The van der Waals surface area contributed by atoms with Crippen LogP contribution in [0.15, 0.2) is 11.6 Å². The molecule has 0 saturated carbocycles. The Bertz CT molecular complexity index is 657. The number of carbonyl (C=O) groups is 3. The molecule has 0 spiro atoms. The quantitative estimate of drug-likeness (QED) is 0.512. The minimum atomic E-state index is -0.996. The minimum Gasteiger partial charge on any atom is -0.478 e. The Morgan fingerprint density at radius 3 is 2.23 bits per heavy atom. The molecule has 0 aromatic carbocycles. The lowest BCUT2D eigenvalue weighted by molar-refractivity contribution is -0.139. The predicted molar refractivity (Wildman–Crippen MR) is 124 cm³/mol. The van der Waals surface area contributed by atoms with Crippen molar-refractivity contribution in [2.75, 3.05) is 13.6 Å². The molecule has 3 atom stereocenters. The molecule has 31 heavy (non-hydrogen) atoms. The van der Waals surface area contributed by atoms with E-state index in [-0.39, 0.29) is 47.3 Å². The summed E-state index contributed by atoms with van der Waals surface area (Å²) in [5, 5.41) is 12.3. The highest BCUT2D eigenvalue weighted by atomic mass is 16.4. The van der Waals surface area contributed by atoms with Crippen molar-refractivity contribution < 1.29 is 19.5 Å². The highest BCUT2D eigenvalue weighted by Crippen LogP contribution is 2.21. The molecule has 0 unspecified atom stereocenters. The summed E-state index contributed by atoms with van der Waals surface area (Å²) in [7, 11) is 1.69. The van der Waals surface area contributed by atoms with Crippen molar-refractivity contribution in [1.29, 1.82) is 0 Å². The molecule has 1 aliphatic heterocycles. The van der Waals surface area contributed by atoms with Gasteiger partial charge in [0.25, 0.3) is 0 Å². The van der Waals surface area contributed by atoms with Gasteiger partial charge in [0, 0.05) is 18.7 Å². The molecule has 178 valence electrons. The Hall–Kier alpha value is -1.89. The van der Waals surface area contributed by atoms with Crippen LogP contribution in [0.3, 0.4) is 0 Å². The molecule has 0 aromatic rings. The maximum Gasteiger partial charge on any atom is 0.331 e. The Labute approximate surface area is 188 Å². The van der Waals surface area contributed by atoms with E-state index in [1.807, 2.05) is 27.7 Å². The van der Waals surface area contributed by atoms with E-state index in [2.05, 4.69) is 24.1 Å². The second-order valence-electron chi connectivity index (χ2n) is 9.87. The van der Waals surface area contributed by atoms with Gasteiger partial charge in [-0.25, -0.2) is 4.79 Å². The zero-order valence-corrected chi connectivity index (χ0v) is 20.6. The Balaban J connectivity index is 3.08. The lowest BCUT2D eigenvalue weighted by Gasteiger charge is -2.39. The molecule has 7 heteroatoms. The standard InChI is InChI=1S/C24H43N3O4/c1-15(2)13-19(25-22(28)20-11-9-10-12-27(20)17(5)6)23(29)26(8)21(16(3)4)14-18(7)24(30)31/h14-17,19-21H,9-13H2,1-8H3,(H,25,28)(H,30,31)/b18-14+/t19-,20+,21+/m0/s1. The number of amides is 2. The lowest BCUT2D eigenvalue weighted by atomic mass is 9.96. The molecule has 1 heterocycles. The fourth-order valence-corrected chi connectivity index (χ4v) is 4.29. The highest BCUT2D eigenvalue weighted by molar-refractivity contribution is 5.90. The van der Waals surface area contributed by atoms with Crippen LogP contribution in [0.2, 0.25) is 0 Å². The molecule has 2 N–H and O–H groups in total. The van der Waals surface area contributed by atoms with E-state index in [0.29, 0.717) is 6.42 Å². The molecule has 0 aliphatic carbocycles. The number of hydrogen-bond donors (Lipinski definition) is 2. The Morgan fingerprint density at radius 1 is 1.13 bits per heavy atom. The van der Waals surface area contributed by atoms with Crippen molar-refractivity contribution in [2.45, 2.75) is 98.3 Å². The van der Waals surface area contributed by atoms with E-state index in [9.17, 15) is 19.5 Å². The Kier molecular flexibility index (Phi) is 10.7. The number of carbonyl (C=O) groups excluding carboxylic acids is 2. The number of hydrogen-bond acceptors (Lipinski definition) is 4. The fourth-order valence-electron chi connectivity index (χ4n) is 4.29. The van der Waals surface area contributed by atoms with Gasteiger partial charge in [-0.2, -0.15) is 0 Å². The van der Waals surface area contributed by atoms with E-state index < -0.39 is 12.0 Å². The van der Waals surface area contributed by atoms with Crippen LogP contribution in [0.1, 0.15) is 74.1 Å². The SMILES string of the molecule is C/C(=C\[C@H](C(C)C)N(C)C(=O)[C@H](CC(C)C)NC(=O)[C@H]1CCCCN1C(C)C)C(=O)O. The van der Waals surface area contributed by atoms with Gasteiger partial charge in [-0.15, -0.1) is 0 Å². The number of aliphatic carboxylic acids is 1. The summed E-state index contributed by atoms with van der Waals surface area (Å²) in [6.07, 6.45) is 5.07. The van der Waals surface area contributed by atoms with Crippen LogP contribution in [0.5, 0.6) is 0 Å². The zero-order valence-electron chi connectivity index (χ0n) is 20.6. The average molecular weight is 438 g/mol. The van der Waals surface area contributed by atoms with Crippen LogP contribution in [0, 0.1) is 11.8 Å². The predicted octanol–water partition coefficient (Wildman–Crippen LogP) is 3.29. The molecular formula is C24H43N3O4. The van der Waals surface area contributed by atoms with Crippen LogP contribution >= 0.6 is 0 Å². The molecule has 1 aliphatic rings. The number of nitrogens with one attached hydrogen (secondary N) is 1. The van der Waals surface area contributed by atoms with Gasteiger partial charge in [-0.05, 0) is 58.4 Å². The molecule has 7 nitrogen and oxygen atoms in total. The molecule has 1 rings (SSSR count). The molecule has 1 fully saturated rings. The van der Waals surface area contributed by atoms with Crippen molar-refractivity contribution >= 4 is 17.8 Å².